The number of rotatable bonds is 7. The smallest absolute Gasteiger partial charge is 0.223 e. The monoisotopic (exact) mass is 529 g/mol. The fraction of sp³-hybridized carbons (Fsp3) is 0.636. The molecule has 0 spiro atoms. The molecule has 0 unspecified atom stereocenters. The molecule has 0 atom stereocenters. The van der Waals surface area contributed by atoms with Crippen molar-refractivity contribution in [1.29, 1.82) is 0 Å². The van der Waals surface area contributed by atoms with Crippen molar-refractivity contribution in [2.45, 2.75) is 45.3 Å². The van der Waals surface area contributed by atoms with Gasteiger partial charge in [0.25, 0.3) is 0 Å². The van der Waals surface area contributed by atoms with Crippen molar-refractivity contribution in [2.24, 2.45) is 4.99 Å². The second kappa shape index (κ2) is 11.9. The van der Waals surface area contributed by atoms with Crippen molar-refractivity contribution in [3.8, 4) is 0 Å². The van der Waals surface area contributed by atoms with E-state index in [1.807, 2.05) is 17.0 Å². The van der Waals surface area contributed by atoms with Crippen LogP contribution in [0.15, 0.2) is 29.3 Å². The molecule has 30 heavy (non-hydrogen) atoms. The van der Waals surface area contributed by atoms with Crippen LogP contribution < -0.4 is 10.6 Å². The van der Waals surface area contributed by atoms with Gasteiger partial charge in [0.15, 0.2) is 5.96 Å². The summed E-state index contributed by atoms with van der Waals surface area (Å²) >= 11 is 0. The lowest BCUT2D eigenvalue weighted by molar-refractivity contribution is -0.131. The number of nitrogens with zero attached hydrogens (tertiary/aromatic N) is 3. The van der Waals surface area contributed by atoms with Crippen molar-refractivity contribution in [1.82, 2.24) is 20.4 Å². The van der Waals surface area contributed by atoms with E-state index in [4.69, 9.17) is 4.74 Å². The standard InChI is InChI=1S/C22H35N5O2.HI/c1-22(2,27-11-13-29-14-12-27)17-25-21(23-3)24-10-6-9-20(28)26-15-18-7-4-5-8-19(18)16-26;/h4-5,7-8H,6,9-17H2,1-3H3,(H2,23,24,25);1H. The Kier molecular flexibility index (Phi) is 9.83. The zero-order chi connectivity index (χ0) is 20.7. The molecule has 8 heteroatoms. The molecule has 2 heterocycles. The second-order valence-corrected chi connectivity index (χ2v) is 8.39. The number of hydrogen-bond acceptors (Lipinski definition) is 4. The summed E-state index contributed by atoms with van der Waals surface area (Å²) in [7, 11) is 1.78. The van der Waals surface area contributed by atoms with Gasteiger partial charge in [-0.2, -0.15) is 0 Å². The number of nitrogens with one attached hydrogen (secondary N) is 2. The Morgan fingerprint density at radius 1 is 1.13 bits per heavy atom. The molecule has 0 aromatic heterocycles. The lowest BCUT2D eigenvalue weighted by atomic mass is 10.0. The van der Waals surface area contributed by atoms with Crippen LogP contribution in [-0.4, -0.2) is 73.6 Å². The van der Waals surface area contributed by atoms with Crippen LogP contribution in [0.5, 0.6) is 0 Å². The maximum absolute atomic E-state index is 12.5. The van der Waals surface area contributed by atoms with E-state index in [1.165, 1.54) is 11.1 Å². The number of fused-ring (bicyclic) bond motifs is 1. The van der Waals surface area contributed by atoms with E-state index in [0.29, 0.717) is 6.42 Å². The van der Waals surface area contributed by atoms with Crippen LogP contribution in [0.25, 0.3) is 0 Å². The van der Waals surface area contributed by atoms with Crippen molar-refractivity contribution in [2.75, 3.05) is 46.4 Å². The first-order chi connectivity index (χ1) is 14.0. The van der Waals surface area contributed by atoms with Gasteiger partial charge in [0.05, 0.1) is 13.2 Å². The number of ether oxygens (including phenoxy) is 1. The Bertz CT molecular complexity index is 694. The van der Waals surface area contributed by atoms with Gasteiger partial charge >= 0.3 is 0 Å². The van der Waals surface area contributed by atoms with Crippen molar-refractivity contribution in [3.05, 3.63) is 35.4 Å². The predicted molar refractivity (Wildman–Crippen MR) is 131 cm³/mol. The van der Waals surface area contributed by atoms with E-state index in [1.54, 1.807) is 7.05 Å². The summed E-state index contributed by atoms with van der Waals surface area (Å²) in [6, 6.07) is 8.29. The summed E-state index contributed by atoms with van der Waals surface area (Å²) in [5.41, 5.74) is 2.57. The summed E-state index contributed by atoms with van der Waals surface area (Å²) in [6.07, 6.45) is 1.34. The van der Waals surface area contributed by atoms with Gasteiger partial charge in [0, 0.05) is 58.3 Å². The number of amides is 1. The van der Waals surface area contributed by atoms with Gasteiger partial charge < -0.3 is 20.3 Å². The second-order valence-electron chi connectivity index (χ2n) is 8.39. The van der Waals surface area contributed by atoms with Crippen LogP contribution >= 0.6 is 24.0 Å². The Morgan fingerprint density at radius 3 is 2.37 bits per heavy atom. The largest absolute Gasteiger partial charge is 0.379 e. The third kappa shape index (κ3) is 6.81. The molecule has 0 aliphatic carbocycles. The molecule has 3 rings (SSSR count). The summed E-state index contributed by atoms with van der Waals surface area (Å²) in [5, 5.41) is 6.76. The summed E-state index contributed by atoms with van der Waals surface area (Å²) in [4.78, 5) is 21.2. The van der Waals surface area contributed by atoms with Crippen molar-refractivity contribution < 1.29 is 9.53 Å². The number of carbonyl (C=O) groups is 1. The number of hydrogen-bond donors (Lipinski definition) is 2. The Morgan fingerprint density at radius 2 is 1.77 bits per heavy atom. The van der Waals surface area contributed by atoms with E-state index in [9.17, 15) is 4.79 Å². The van der Waals surface area contributed by atoms with Gasteiger partial charge in [-0.25, -0.2) is 0 Å². The highest BCUT2D eigenvalue weighted by Crippen LogP contribution is 2.22. The summed E-state index contributed by atoms with van der Waals surface area (Å²) in [6.45, 7) is 11.0. The minimum atomic E-state index is 0. The van der Waals surface area contributed by atoms with E-state index < -0.39 is 0 Å². The summed E-state index contributed by atoms with van der Waals surface area (Å²) in [5.74, 6) is 1.01. The van der Waals surface area contributed by atoms with E-state index in [-0.39, 0.29) is 35.4 Å². The Labute approximate surface area is 197 Å². The molecular formula is C22H36IN5O2. The SMILES string of the molecule is CN=C(NCCCC(=O)N1Cc2ccccc2C1)NCC(C)(C)N1CCOCC1.I. The van der Waals surface area contributed by atoms with Crippen LogP contribution in [0.4, 0.5) is 0 Å². The number of morpholine rings is 1. The van der Waals surface area contributed by atoms with E-state index in [2.05, 4.69) is 46.5 Å². The lowest BCUT2D eigenvalue weighted by Gasteiger charge is -2.41. The van der Waals surface area contributed by atoms with E-state index in [0.717, 1.165) is 64.9 Å². The maximum Gasteiger partial charge on any atom is 0.223 e. The normalized spacial score (nSPS) is 17.3. The van der Waals surface area contributed by atoms with Crippen LogP contribution in [0.3, 0.4) is 0 Å². The third-order valence-electron chi connectivity index (χ3n) is 5.83. The molecule has 1 aromatic carbocycles. The van der Waals surface area contributed by atoms with Gasteiger partial charge in [0.2, 0.25) is 5.91 Å². The maximum atomic E-state index is 12.5. The quantitative estimate of drug-likeness (QED) is 0.246. The molecule has 2 aliphatic rings. The highest BCUT2D eigenvalue weighted by Gasteiger charge is 2.28. The average molecular weight is 529 g/mol. The van der Waals surface area contributed by atoms with Crippen molar-refractivity contribution >= 4 is 35.8 Å². The topological polar surface area (TPSA) is 69.2 Å². The lowest BCUT2D eigenvalue weighted by Crippen LogP contribution is -2.56. The minimum Gasteiger partial charge on any atom is -0.379 e. The molecule has 1 saturated heterocycles. The highest BCUT2D eigenvalue weighted by molar-refractivity contribution is 14.0. The first-order valence-electron chi connectivity index (χ1n) is 10.6. The van der Waals surface area contributed by atoms with Crippen molar-refractivity contribution in [3.63, 3.8) is 0 Å². The van der Waals surface area contributed by atoms with Gasteiger partial charge in [-0.3, -0.25) is 14.7 Å². The predicted octanol–water partition coefficient (Wildman–Crippen LogP) is 2.20. The molecule has 2 aliphatic heterocycles. The molecule has 0 saturated carbocycles. The minimum absolute atomic E-state index is 0. The van der Waals surface area contributed by atoms with Crippen LogP contribution in [0, 0.1) is 0 Å². The molecule has 168 valence electrons. The van der Waals surface area contributed by atoms with Crippen LogP contribution in [0.2, 0.25) is 0 Å². The molecular weight excluding hydrogens is 493 g/mol. The molecule has 1 aromatic rings. The molecule has 1 fully saturated rings. The first-order valence-corrected chi connectivity index (χ1v) is 10.6. The fourth-order valence-corrected chi connectivity index (χ4v) is 3.92. The number of guanidine groups is 1. The number of benzene rings is 1. The molecule has 2 N–H and O–H groups in total. The third-order valence-corrected chi connectivity index (χ3v) is 5.83. The molecule has 0 radical (unpaired) electrons. The van der Waals surface area contributed by atoms with E-state index >= 15 is 0 Å². The Hall–Kier alpha value is -1.39. The molecule has 0 bridgehead atoms. The van der Waals surface area contributed by atoms with Gasteiger partial charge in [-0.05, 0) is 31.4 Å². The number of aliphatic imine (C=N–C) groups is 1. The van der Waals surface area contributed by atoms with Crippen LogP contribution in [-0.2, 0) is 22.6 Å². The van der Waals surface area contributed by atoms with Crippen LogP contribution in [0.1, 0.15) is 37.8 Å². The average Bonchev–Trinajstić information content (AvgIpc) is 3.18. The van der Waals surface area contributed by atoms with Gasteiger partial charge in [0.1, 0.15) is 0 Å². The zero-order valence-corrected chi connectivity index (χ0v) is 20.8. The van der Waals surface area contributed by atoms with Gasteiger partial charge in [-0.15, -0.1) is 24.0 Å². The first kappa shape index (κ1) is 24.9. The Balaban J connectivity index is 0.00000320. The zero-order valence-electron chi connectivity index (χ0n) is 18.4. The number of halogens is 1. The molecule has 7 nitrogen and oxygen atoms in total. The highest BCUT2D eigenvalue weighted by atomic mass is 127. The van der Waals surface area contributed by atoms with Gasteiger partial charge in [-0.1, -0.05) is 24.3 Å². The number of carbonyl (C=O) groups excluding carboxylic acids is 1. The fourth-order valence-electron chi connectivity index (χ4n) is 3.92. The molecule has 1 amide bonds. The summed E-state index contributed by atoms with van der Waals surface area (Å²) < 4.78 is 5.45.